The van der Waals surface area contributed by atoms with E-state index in [1.54, 1.807) is 31.2 Å². The van der Waals surface area contributed by atoms with Crippen molar-refractivity contribution in [3.63, 3.8) is 0 Å². The number of hydrogen-bond acceptors (Lipinski definition) is 14. The number of piperidine rings is 1. The van der Waals surface area contributed by atoms with Gasteiger partial charge in [0.15, 0.2) is 5.82 Å². The first-order valence-corrected chi connectivity index (χ1v) is 18.9. The fourth-order valence-corrected chi connectivity index (χ4v) is 6.61. The lowest BCUT2D eigenvalue weighted by atomic mass is 9.97. The van der Waals surface area contributed by atoms with E-state index in [2.05, 4.69) is 31.2 Å². The van der Waals surface area contributed by atoms with Crippen molar-refractivity contribution in [1.82, 2.24) is 25.5 Å². The molecule has 8 N–H and O–H groups in total. The van der Waals surface area contributed by atoms with Crippen LogP contribution in [0.25, 0.3) is 21.9 Å². The highest BCUT2D eigenvalue weighted by atomic mass is 19.1. The van der Waals surface area contributed by atoms with E-state index in [0.29, 0.717) is 53.0 Å². The van der Waals surface area contributed by atoms with Crippen LogP contribution in [0.15, 0.2) is 48.9 Å². The normalized spacial score (nSPS) is 15.0. The Balaban J connectivity index is 0.807. The van der Waals surface area contributed by atoms with Gasteiger partial charge in [-0.2, -0.15) is 0 Å². The van der Waals surface area contributed by atoms with Crippen LogP contribution < -0.4 is 32.7 Å². The number of benzene rings is 2. The molecule has 6 amide bonds. The summed E-state index contributed by atoms with van der Waals surface area (Å²) in [5.74, 6) is -3.33. The number of carbonyl (C=O) groups excluding carboxylic acids is 6. The molecule has 4 aromatic rings. The summed E-state index contributed by atoms with van der Waals surface area (Å²) in [4.78, 5) is 84.0. The van der Waals surface area contributed by atoms with Crippen molar-refractivity contribution in [2.24, 2.45) is 0 Å². The maximum atomic E-state index is 15.2. The van der Waals surface area contributed by atoms with Crippen LogP contribution >= 0.6 is 0 Å². The SMILES string of the molecule is Cc1c(N)cncc1-c1cc2cc(NC(=O)CCNC(=O)CCOCCOCCOCCNc3cccc4c3C(=O)N(C3CCC(=O)NC3=O)C4=O)ncc2c(N)c1F. The highest BCUT2D eigenvalue weighted by molar-refractivity contribution is 6.25. The Bertz CT molecular complexity index is 2290. The van der Waals surface area contributed by atoms with Crippen LogP contribution in [0.2, 0.25) is 0 Å². The Kier molecular flexibility index (Phi) is 13.7. The van der Waals surface area contributed by atoms with E-state index < -0.39 is 35.5 Å². The summed E-state index contributed by atoms with van der Waals surface area (Å²) in [6, 6.07) is 6.98. The smallest absolute Gasteiger partial charge is 0.264 e. The number of aromatic nitrogens is 2. The number of fused-ring (bicyclic) bond motifs is 2. The minimum atomic E-state index is -1.04. The molecular formula is C40H44FN9O9. The van der Waals surface area contributed by atoms with Crippen LogP contribution in [-0.2, 0) is 33.4 Å². The van der Waals surface area contributed by atoms with E-state index in [9.17, 15) is 28.8 Å². The lowest BCUT2D eigenvalue weighted by molar-refractivity contribution is -0.136. The number of halogens is 1. The van der Waals surface area contributed by atoms with E-state index in [1.807, 2.05) is 0 Å². The number of pyridine rings is 2. The van der Waals surface area contributed by atoms with Crippen molar-refractivity contribution < 1.29 is 47.4 Å². The number of imide groups is 2. The Morgan fingerprint density at radius 3 is 2.39 bits per heavy atom. The molecule has 1 fully saturated rings. The highest BCUT2D eigenvalue weighted by Crippen LogP contribution is 2.36. The molecule has 0 spiro atoms. The van der Waals surface area contributed by atoms with Crippen molar-refractivity contribution in [3.8, 4) is 11.1 Å². The van der Waals surface area contributed by atoms with Gasteiger partial charge in [0, 0.05) is 66.9 Å². The first kappa shape index (κ1) is 42.0. The van der Waals surface area contributed by atoms with Gasteiger partial charge in [-0.3, -0.25) is 44.0 Å². The zero-order chi connectivity index (χ0) is 42.1. The van der Waals surface area contributed by atoms with E-state index in [4.69, 9.17) is 25.7 Å². The molecule has 19 heteroatoms. The van der Waals surface area contributed by atoms with Crippen LogP contribution in [-0.4, -0.2) is 109 Å². The molecule has 6 rings (SSSR count). The number of nitrogens with two attached hydrogens (primary N) is 2. The summed E-state index contributed by atoms with van der Waals surface area (Å²) in [5.41, 5.74) is 14.6. The van der Waals surface area contributed by atoms with Gasteiger partial charge in [0.2, 0.25) is 23.6 Å². The summed E-state index contributed by atoms with van der Waals surface area (Å²) in [6.07, 6.45) is 4.57. The summed E-state index contributed by atoms with van der Waals surface area (Å²) < 4.78 is 31.7. The molecule has 1 unspecified atom stereocenters. The molecule has 0 radical (unpaired) electrons. The molecule has 59 heavy (non-hydrogen) atoms. The molecule has 0 aliphatic carbocycles. The van der Waals surface area contributed by atoms with Crippen LogP contribution in [0.5, 0.6) is 0 Å². The number of anilines is 4. The molecule has 4 heterocycles. The minimum absolute atomic E-state index is 0.0105. The van der Waals surface area contributed by atoms with Crippen molar-refractivity contribution in [3.05, 3.63) is 71.4 Å². The van der Waals surface area contributed by atoms with Crippen molar-refractivity contribution in [2.45, 2.75) is 38.6 Å². The Morgan fingerprint density at radius 2 is 1.63 bits per heavy atom. The average molecular weight is 814 g/mol. The fraction of sp³-hybridized carbons (Fsp3) is 0.350. The molecule has 2 aliphatic heterocycles. The Labute approximate surface area is 337 Å². The van der Waals surface area contributed by atoms with Crippen molar-refractivity contribution in [1.29, 1.82) is 0 Å². The van der Waals surface area contributed by atoms with Gasteiger partial charge in [-0.25, -0.2) is 9.37 Å². The van der Waals surface area contributed by atoms with Gasteiger partial charge in [0.05, 0.1) is 68.3 Å². The first-order valence-electron chi connectivity index (χ1n) is 18.9. The van der Waals surface area contributed by atoms with Gasteiger partial charge in [0.25, 0.3) is 11.8 Å². The van der Waals surface area contributed by atoms with E-state index in [1.165, 1.54) is 24.7 Å². The number of hydrogen-bond donors (Lipinski definition) is 6. The van der Waals surface area contributed by atoms with E-state index >= 15 is 4.39 Å². The van der Waals surface area contributed by atoms with Crippen molar-refractivity contribution >= 4 is 69.1 Å². The topological polar surface area (TPSA) is 259 Å². The van der Waals surface area contributed by atoms with Gasteiger partial charge >= 0.3 is 0 Å². The quantitative estimate of drug-likeness (QED) is 0.0451. The molecule has 0 saturated carbocycles. The number of amides is 6. The maximum Gasteiger partial charge on any atom is 0.264 e. The van der Waals surface area contributed by atoms with Gasteiger partial charge in [-0.1, -0.05) is 6.07 Å². The molecule has 2 aliphatic rings. The lowest BCUT2D eigenvalue weighted by Crippen LogP contribution is -2.54. The van der Waals surface area contributed by atoms with E-state index in [0.717, 1.165) is 4.90 Å². The van der Waals surface area contributed by atoms with Gasteiger partial charge < -0.3 is 41.6 Å². The van der Waals surface area contributed by atoms with Crippen LogP contribution in [0.3, 0.4) is 0 Å². The predicted octanol–water partition coefficient (Wildman–Crippen LogP) is 2.31. The van der Waals surface area contributed by atoms with Crippen molar-refractivity contribution in [2.75, 3.05) is 74.8 Å². The van der Waals surface area contributed by atoms with Gasteiger partial charge in [-0.15, -0.1) is 0 Å². The Morgan fingerprint density at radius 1 is 0.881 bits per heavy atom. The third-order valence-electron chi connectivity index (χ3n) is 9.73. The zero-order valence-corrected chi connectivity index (χ0v) is 32.2. The summed E-state index contributed by atoms with van der Waals surface area (Å²) in [7, 11) is 0. The molecular weight excluding hydrogens is 769 g/mol. The molecule has 18 nitrogen and oxygen atoms in total. The second-order valence-electron chi connectivity index (χ2n) is 13.7. The average Bonchev–Trinajstić information content (AvgIpc) is 3.46. The van der Waals surface area contributed by atoms with Gasteiger partial charge in [0.1, 0.15) is 11.9 Å². The van der Waals surface area contributed by atoms with Gasteiger partial charge in [-0.05, 0) is 48.6 Å². The number of ether oxygens (including phenoxy) is 3. The van der Waals surface area contributed by atoms with Crippen LogP contribution in [0.1, 0.15) is 52.0 Å². The number of carbonyl (C=O) groups is 6. The van der Waals surface area contributed by atoms with E-state index in [-0.39, 0.29) is 98.7 Å². The number of nitrogen functional groups attached to an aromatic ring is 2. The zero-order valence-electron chi connectivity index (χ0n) is 32.2. The Hall–Kier alpha value is -6.57. The highest BCUT2D eigenvalue weighted by Gasteiger charge is 2.45. The maximum absolute atomic E-state index is 15.2. The molecule has 1 saturated heterocycles. The van der Waals surface area contributed by atoms with Crippen LogP contribution in [0.4, 0.5) is 27.3 Å². The summed E-state index contributed by atoms with van der Waals surface area (Å²) in [6.45, 7) is 3.75. The number of nitrogens with zero attached hydrogens (tertiary/aromatic N) is 3. The minimum Gasteiger partial charge on any atom is -0.397 e. The second kappa shape index (κ2) is 19.2. The summed E-state index contributed by atoms with van der Waals surface area (Å²) in [5, 5.41) is 11.6. The number of rotatable bonds is 19. The lowest BCUT2D eigenvalue weighted by Gasteiger charge is -2.27. The molecule has 2 aromatic heterocycles. The molecule has 0 bridgehead atoms. The first-order chi connectivity index (χ1) is 28.4. The molecule has 2 aromatic carbocycles. The van der Waals surface area contributed by atoms with Crippen LogP contribution in [0, 0.1) is 12.7 Å². The largest absolute Gasteiger partial charge is 0.397 e. The predicted molar refractivity (Wildman–Crippen MR) is 213 cm³/mol. The fourth-order valence-electron chi connectivity index (χ4n) is 6.61. The summed E-state index contributed by atoms with van der Waals surface area (Å²) >= 11 is 0. The third-order valence-corrected chi connectivity index (χ3v) is 9.73. The monoisotopic (exact) mass is 813 g/mol. The molecule has 1 atom stereocenters. The molecule has 310 valence electrons. The second-order valence-corrected chi connectivity index (χ2v) is 13.7. The third kappa shape index (κ3) is 9.94. The number of nitrogens with one attached hydrogen (secondary N) is 4. The standard InChI is InChI=1S/C40H44FN9O9/c1-22-26(19-44-21-28(22)42)25-17-23-18-31(47-20-27(23)37(43)36(25)41)48-34(53)7-9-46-32(51)8-11-57-13-15-59-16-14-58-12-10-45-29-4-2-3-24-35(29)40(56)50(39(24)55)30-5-6-33(52)49-38(30)54/h2-4,17-21,30,45H,5-16,42-43H2,1H3,(H,46,51)(H,47,48,53)(H,49,52,54).